The van der Waals surface area contributed by atoms with Crippen LogP contribution in [0.25, 0.3) is 0 Å². The lowest BCUT2D eigenvalue weighted by Gasteiger charge is -2.31. The van der Waals surface area contributed by atoms with Crippen molar-refractivity contribution >= 4 is 23.7 Å². The average Bonchev–Trinajstić information content (AvgIpc) is 2.74. The maximum atomic E-state index is 12.2. The molecule has 160 valence electrons. The first-order chi connectivity index (χ1) is 14.5. The second-order valence-corrected chi connectivity index (χ2v) is 7.70. The van der Waals surface area contributed by atoms with E-state index in [9.17, 15) is 9.90 Å². The van der Waals surface area contributed by atoms with Crippen LogP contribution in [0.5, 0.6) is 11.5 Å². The Hall–Kier alpha value is -2.61. The number of rotatable bonds is 8. The molecule has 1 amide bonds. The summed E-state index contributed by atoms with van der Waals surface area (Å²) >= 11 is 5.94. The number of carbonyl (C=O) groups excluding carboxylic acids is 1. The van der Waals surface area contributed by atoms with Crippen molar-refractivity contribution in [3.63, 3.8) is 0 Å². The molecule has 1 fully saturated rings. The molecule has 1 aliphatic heterocycles. The Morgan fingerprint density at radius 2 is 2.00 bits per heavy atom. The Balaban J connectivity index is 1.40. The first-order valence-electron chi connectivity index (χ1n) is 10.1. The Bertz CT molecular complexity index is 865. The molecule has 0 aromatic heterocycles. The Morgan fingerprint density at radius 3 is 2.70 bits per heavy atom. The maximum Gasteiger partial charge on any atom is 0.295 e. The van der Waals surface area contributed by atoms with Crippen LogP contribution in [0.2, 0.25) is 5.02 Å². The Labute approximate surface area is 181 Å². The summed E-state index contributed by atoms with van der Waals surface area (Å²) in [6, 6.07) is 12.6. The third kappa shape index (κ3) is 6.73. The highest BCUT2D eigenvalue weighted by molar-refractivity contribution is 6.30. The minimum absolute atomic E-state index is 0.127. The van der Waals surface area contributed by atoms with Crippen molar-refractivity contribution in [2.75, 3.05) is 39.3 Å². The van der Waals surface area contributed by atoms with Crippen LogP contribution in [-0.2, 0) is 11.3 Å². The van der Waals surface area contributed by atoms with Gasteiger partial charge < -0.3 is 14.7 Å². The van der Waals surface area contributed by atoms with Crippen molar-refractivity contribution in [1.82, 2.24) is 10.3 Å². The molecule has 0 atom stereocenters. The SMILES string of the molecule is CCOc1cc(/C=N/NC(=O)C[NH+]2CCN(Cc3ccc(Cl)cc3)CC2)ccc1[O-]. The standard InChI is InChI=1S/C22H27ClN4O3/c1-2-30-21-13-18(5-8-20(21)28)14-24-25-22(29)16-27-11-9-26(10-12-27)15-17-3-6-19(23)7-4-17/h3-8,13-14,28H,2,9-12,15-16H2,1H3,(H,25,29)/b24-14+. The van der Waals surface area contributed by atoms with Crippen molar-refractivity contribution in [3.8, 4) is 11.5 Å². The third-order valence-corrected chi connectivity index (χ3v) is 5.22. The molecule has 2 N–H and O–H groups in total. The van der Waals surface area contributed by atoms with E-state index in [-0.39, 0.29) is 17.4 Å². The van der Waals surface area contributed by atoms with Crippen LogP contribution in [0.1, 0.15) is 18.1 Å². The second kappa shape index (κ2) is 11.0. The molecular formula is C22H27ClN4O3. The largest absolute Gasteiger partial charge is 0.870 e. The highest BCUT2D eigenvalue weighted by Gasteiger charge is 2.22. The zero-order valence-corrected chi connectivity index (χ0v) is 17.8. The molecule has 1 aliphatic rings. The van der Waals surface area contributed by atoms with E-state index in [1.54, 1.807) is 12.1 Å². The minimum Gasteiger partial charge on any atom is -0.870 e. The predicted molar refractivity (Wildman–Crippen MR) is 115 cm³/mol. The molecule has 0 unspecified atom stereocenters. The Kier molecular flexibility index (Phi) is 8.07. The zero-order valence-electron chi connectivity index (χ0n) is 17.1. The van der Waals surface area contributed by atoms with E-state index in [1.165, 1.54) is 22.7 Å². The molecule has 2 aromatic carbocycles. The van der Waals surface area contributed by atoms with Gasteiger partial charge in [-0.2, -0.15) is 5.10 Å². The van der Waals surface area contributed by atoms with E-state index in [0.717, 1.165) is 37.7 Å². The number of hydrogen-bond donors (Lipinski definition) is 2. The van der Waals surface area contributed by atoms with Gasteiger partial charge in [-0.3, -0.25) is 9.69 Å². The lowest BCUT2D eigenvalue weighted by atomic mass is 10.2. The van der Waals surface area contributed by atoms with E-state index in [2.05, 4.69) is 27.6 Å². The molecule has 7 nitrogen and oxygen atoms in total. The molecule has 2 aromatic rings. The van der Waals surface area contributed by atoms with Crippen molar-refractivity contribution in [3.05, 3.63) is 58.6 Å². The van der Waals surface area contributed by atoms with Crippen LogP contribution in [0.15, 0.2) is 47.6 Å². The van der Waals surface area contributed by atoms with E-state index < -0.39 is 0 Å². The summed E-state index contributed by atoms with van der Waals surface area (Å²) in [5.41, 5.74) is 4.50. The average molecular weight is 431 g/mol. The molecule has 1 heterocycles. The summed E-state index contributed by atoms with van der Waals surface area (Å²) < 4.78 is 5.28. The molecular weight excluding hydrogens is 404 g/mol. The fourth-order valence-corrected chi connectivity index (χ4v) is 3.50. The fraction of sp³-hybridized carbons (Fsp3) is 0.364. The third-order valence-electron chi connectivity index (χ3n) is 4.96. The zero-order chi connectivity index (χ0) is 21.3. The molecule has 0 saturated carbocycles. The number of carbonyl (C=O) groups is 1. The number of piperazine rings is 1. The summed E-state index contributed by atoms with van der Waals surface area (Å²) in [4.78, 5) is 15.8. The normalized spacial score (nSPS) is 15.4. The molecule has 0 aliphatic carbocycles. The molecule has 1 saturated heterocycles. The number of nitrogens with one attached hydrogen (secondary N) is 2. The summed E-state index contributed by atoms with van der Waals surface area (Å²) in [7, 11) is 0. The first-order valence-corrected chi connectivity index (χ1v) is 10.5. The topological polar surface area (TPSA) is 81.4 Å². The highest BCUT2D eigenvalue weighted by atomic mass is 35.5. The van der Waals surface area contributed by atoms with Gasteiger partial charge in [0.1, 0.15) is 5.75 Å². The van der Waals surface area contributed by atoms with E-state index in [1.807, 2.05) is 19.1 Å². The van der Waals surface area contributed by atoms with Gasteiger partial charge in [0.05, 0.1) is 25.9 Å². The molecule has 30 heavy (non-hydrogen) atoms. The van der Waals surface area contributed by atoms with E-state index >= 15 is 0 Å². The molecule has 0 bridgehead atoms. The van der Waals surface area contributed by atoms with Crippen molar-refractivity contribution in [2.24, 2.45) is 5.10 Å². The number of benzene rings is 2. The van der Waals surface area contributed by atoms with Crippen molar-refractivity contribution in [2.45, 2.75) is 13.5 Å². The smallest absolute Gasteiger partial charge is 0.295 e. The monoisotopic (exact) mass is 430 g/mol. The van der Waals surface area contributed by atoms with Crippen LogP contribution in [0.4, 0.5) is 0 Å². The van der Waals surface area contributed by atoms with Crippen LogP contribution in [0.3, 0.4) is 0 Å². The van der Waals surface area contributed by atoms with Gasteiger partial charge in [0.25, 0.3) is 5.91 Å². The van der Waals surface area contributed by atoms with Crippen LogP contribution < -0.4 is 20.2 Å². The van der Waals surface area contributed by atoms with Crippen molar-refractivity contribution in [1.29, 1.82) is 0 Å². The maximum absolute atomic E-state index is 12.2. The number of ether oxygens (including phenoxy) is 1. The van der Waals surface area contributed by atoms with Gasteiger partial charge in [-0.25, -0.2) is 5.43 Å². The lowest BCUT2D eigenvalue weighted by Crippen LogP contribution is -3.15. The van der Waals surface area contributed by atoms with E-state index in [0.29, 0.717) is 18.7 Å². The molecule has 8 heteroatoms. The minimum atomic E-state index is -0.170. The van der Waals surface area contributed by atoms with Crippen molar-refractivity contribution < 1.29 is 19.5 Å². The van der Waals surface area contributed by atoms with Gasteiger partial charge in [0, 0.05) is 24.7 Å². The summed E-state index contributed by atoms with van der Waals surface area (Å²) in [6.45, 7) is 7.22. The predicted octanol–water partition coefficient (Wildman–Crippen LogP) is 0.663. The van der Waals surface area contributed by atoms with Crippen LogP contribution >= 0.6 is 11.6 Å². The van der Waals surface area contributed by atoms with E-state index in [4.69, 9.17) is 16.3 Å². The van der Waals surface area contributed by atoms with Gasteiger partial charge in [0.15, 0.2) is 6.54 Å². The number of quaternary nitrogens is 1. The lowest BCUT2D eigenvalue weighted by molar-refractivity contribution is -0.896. The summed E-state index contributed by atoms with van der Waals surface area (Å²) in [5, 5.41) is 16.4. The number of hydrazone groups is 1. The number of nitrogens with zero attached hydrogens (tertiary/aromatic N) is 2. The number of halogens is 1. The van der Waals surface area contributed by atoms with Gasteiger partial charge in [-0.1, -0.05) is 41.6 Å². The Morgan fingerprint density at radius 1 is 1.27 bits per heavy atom. The fourth-order valence-electron chi connectivity index (χ4n) is 3.37. The van der Waals surface area contributed by atoms with Crippen LogP contribution in [-0.4, -0.2) is 56.4 Å². The number of hydrogen-bond acceptors (Lipinski definition) is 5. The quantitative estimate of drug-likeness (QED) is 0.476. The number of amides is 1. The highest BCUT2D eigenvalue weighted by Crippen LogP contribution is 2.23. The van der Waals surface area contributed by atoms with Crippen LogP contribution in [0, 0.1) is 0 Å². The van der Waals surface area contributed by atoms with Gasteiger partial charge in [-0.05, 0) is 36.2 Å². The van der Waals surface area contributed by atoms with Gasteiger partial charge >= 0.3 is 0 Å². The first kappa shape index (κ1) is 22.1. The molecule has 0 radical (unpaired) electrons. The van der Waals surface area contributed by atoms with Gasteiger partial charge in [-0.15, -0.1) is 0 Å². The molecule has 3 rings (SSSR count). The second-order valence-electron chi connectivity index (χ2n) is 7.26. The van der Waals surface area contributed by atoms with Gasteiger partial charge in [0.2, 0.25) is 0 Å². The molecule has 0 spiro atoms. The summed E-state index contributed by atoms with van der Waals surface area (Å²) in [6.07, 6.45) is 1.51. The summed E-state index contributed by atoms with van der Waals surface area (Å²) in [5.74, 6) is -0.0107.